The van der Waals surface area contributed by atoms with Crippen molar-refractivity contribution in [2.24, 2.45) is 7.05 Å². The van der Waals surface area contributed by atoms with E-state index in [2.05, 4.69) is 22.2 Å². The maximum absolute atomic E-state index is 13.4. The van der Waals surface area contributed by atoms with Crippen molar-refractivity contribution in [1.29, 1.82) is 5.26 Å². The average molecular weight is 528 g/mol. The number of hydrogen-bond donors (Lipinski definition) is 1. The van der Waals surface area contributed by atoms with Gasteiger partial charge >= 0.3 is 6.18 Å². The average Bonchev–Trinajstić information content (AvgIpc) is 2.89. The molecule has 3 aliphatic rings. The number of piperidine rings is 1. The number of nitro groups is 1. The van der Waals surface area contributed by atoms with Crippen LogP contribution in [0, 0.1) is 21.4 Å². The minimum absolute atomic E-state index is 0.0371. The number of pyridine rings is 2. The smallest absolute Gasteiger partial charge is 0.364 e. The van der Waals surface area contributed by atoms with Gasteiger partial charge in [-0.15, -0.1) is 0 Å². The first-order valence-corrected chi connectivity index (χ1v) is 11.9. The number of halogens is 3. The first-order chi connectivity index (χ1) is 17.9. The second kappa shape index (κ2) is 8.98. The zero-order valence-electron chi connectivity index (χ0n) is 20.8. The first-order valence-electron chi connectivity index (χ1n) is 11.9. The Morgan fingerprint density at radius 3 is 2.47 bits per heavy atom. The number of aromatic nitrogens is 2. The summed E-state index contributed by atoms with van der Waals surface area (Å²) in [6.45, 7) is 2.90. The number of likely N-dealkylation sites (N-methyl/N-ethyl adjacent to an activating group) is 1. The van der Waals surface area contributed by atoms with Gasteiger partial charge in [-0.3, -0.25) is 19.8 Å². The van der Waals surface area contributed by atoms with E-state index in [-0.39, 0.29) is 22.5 Å². The van der Waals surface area contributed by atoms with E-state index >= 15 is 0 Å². The molecular weight excluding hydrogens is 503 g/mol. The maximum Gasteiger partial charge on any atom is 0.416 e. The van der Waals surface area contributed by atoms with Gasteiger partial charge in [-0.05, 0) is 38.1 Å². The Kier molecular flexibility index (Phi) is 6.02. The molecule has 3 aliphatic heterocycles. The summed E-state index contributed by atoms with van der Waals surface area (Å²) in [6.07, 6.45) is -2.42. The zero-order chi connectivity index (χ0) is 27.5. The number of aryl methyl sites for hydroxylation is 1. The van der Waals surface area contributed by atoms with Crippen LogP contribution < -0.4 is 15.8 Å². The molecule has 0 aliphatic carbocycles. The summed E-state index contributed by atoms with van der Waals surface area (Å²) >= 11 is 0. The molecule has 0 spiro atoms. The zero-order valence-corrected chi connectivity index (χ0v) is 20.8. The Bertz CT molecular complexity index is 1550. The number of alkyl halides is 3. The van der Waals surface area contributed by atoms with Crippen LogP contribution in [0.1, 0.15) is 36.1 Å². The fourth-order valence-corrected chi connectivity index (χ4v) is 5.35. The van der Waals surface area contributed by atoms with Crippen LogP contribution in [0.3, 0.4) is 0 Å². The highest BCUT2D eigenvalue weighted by Gasteiger charge is 2.42. The molecule has 3 atom stereocenters. The van der Waals surface area contributed by atoms with Crippen molar-refractivity contribution in [2.75, 3.05) is 30.4 Å². The van der Waals surface area contributed by atoms with Crippen LogP contribution in [-0.2, 0) is 13.2 Å². The Morgan fingerprint density at radius 2 is 1.89 bits per heavy atom. The summed E-state index contributed by atoms with van der Waals surface area (Å²) in [6, 6.07) is 6.00. The molecule has 2 unspecified atom stereocenters. The van der Waals surface area contributed by atoms with Crippen molar-refractivity contribution < 1.29 is 18.1 Å². The number of benzene rings is 1. The largest absolute Gasteiger partial charge is 0.416 e. The summed E-state index contributed by atoms with van der Waals surface area (Å²) in [5.41, 5.74) is -1.09. The van der Waals surface area contributed by atoms with E-state index in [1.54, 1.807) is 20.0 Å². The van der Waals surface area contributed by atoms with Crippen molar-refractivity contribution in [3.05, 3.63) is 67.6 Å². The second-order valence-electron chi connectivity index (χ2n) is 9.84. The van der Waals surface area contributed by atoms with Gasteiger partial charge < -0.3 is 14.8 Å². The normalized spacial score (nSPS) is 20.1. The number of hydrogen-bond acceptors (Lipinski definition) is 8. The molecule has 2 bridgehead atoms. The van der Waals surface area contributed by atoms with Crippen molar-refractivity contribution in [3.63, 3.8) is 0 Å². The monoisotopic (exact) mass is 527 g/mol. The molecule has 2 aromatic heterocycles. The summed E-state index contributed by atoms with van der Waals surface area (Å²) < 4.78 is 41.7. The van der Waals surface area contributed by atoms with E-state index in [1.165, 1.54) is 10.8 Å². The molecule has 10 nitrogen and oxygen atoms in total. The van der Waals surface area contributed by atoms with Crippen LogP contribution in [0.5, 0.6) is 0 Å². The highest BCUT2D eigenvalue weighted by Crippen LogP contribution is 2.37. The van der Waals surface area contributed by atoms with Gasteiger partial charge in [0.15, 0.2) is 0 Å². The first kappa shape index (κ1) is 25.5. The fraction of sp³-hybridized carbons (Fsp3) is 0.400. The van der Waals surface area contributed by atoms with Crippen molar-refractivity contribution in [1.82, 2.24) is 14.5 Å². The van der Waals surface area contributed by atoms with E-state index in [4.69, 9.17) is 0 Å². The molecule has 198 valence electrons. The highest BCUT2D eigenvalue weighted by atomic mass is 19.4. The molecule has 3 fully saturated rings. The van der Waals surface area contributed by atoms with Crippen LogP contribution in [0.4, 0.5) is 30.4 Å². The molecule has 1 N–H and O–H groups in total. The molecule has 0 radical (unpaired) electrons. The predicted molar refractivity (Wildman–Crippen MR) is 134 cm³/mol. The summed E-state index contributed by atoms with van der Waals surface area (Å²) in [5, 5.41) is 24.5. The molecule has 3 aromatic rings. The van der Waals surface area contributed by atoms with Crippen LogP contribution in [0.15, 0.2) is 35.3 Å². The molecule has 3 saturated heterocycles. The third-order valence-corrected chi connectivity index (χ3v) is 7.58. The number of nitrogens with one attached hydrogen (secondary N) is 1. The van der Waals surface area contributed by atoms with Gasteiger partial charge in [0.05, 0.1) is 27.6 Å². The lowest BCUT2D eigenvalue weighted by atomic mass is 9.88. The highest BCUT2D eigenvalue weighted by molar-refractivity contribution is 5.95. The number of nitriles is 1. The van der Waals surface area contributed by atoms with Crippen LogP contribution >= 0.6 is 0 Å². The van der Waals surface area contributed by atoms with Crippen LogP contribution in [0.2, 0.25) is 0 Å². The lowest BCUT2D eigenvalue weighted by Crippen LogP contribution is -2.67. The molecule has 0 saturated carbocycles. The van der Waals surface area contributed by atoms with Gasteiger partial charge in [-0.25, -0.2) is 4.98 Å². The number of non-ortho nitro benzene ring substituents is 1. The number of fused-ring (bicyclic) bond motifs is 3. The summed E-state index contributed by atoms with van der Waals surface area (Å²) in [7, 11) is 3.62. The van der Waals surface area contributed by atoms with E-state index in [0.717, 1.165) is 18.6 Å². The second-order valence-corrected chi connectivity index (χ2v) is 9.84. The minimum Gasteiger partial charge on any atom is -0.364 e. The number of rotatable bonds is 5. The molecule has 1 aromatic carbocycles. The van der Waals surface area contributed by atoms with Gasteiger partial charge in [0.2, 0.25) is 0 Å². The van der Waals surface area contributed by atoms with E-state index in [0.29, 0.717) is 47.8 Å². The summed E-state index contributed by atoms with van der Waals surface area (Å²) in [5.74, 6) is 0.239. The van der Waals surface area contributed by atoms with Gasteiger partial charge in [0.1, 0.15) is 17.6 Å². The van der Waals surface area contributed by atoms with Gasteiger partial charge in [0, 0.05) is 55.9 Å². The third kappa shape index (κ3) is 4.20. The van der Waals surface area contributed by atoms with Crippen molar-refractivity contribution >= 4 is 28.1 Å². The number of nitro benzene ring substituents is 1. The predicted octanol–water partition coefficient (Wildman–Crippen LogP) is 3.80. The Hall–Kier alpha value is -4.18. The quantitative estimate of drug-likeness (QED) is 0.393. The standard InChI is InChI=1S/C25H24F3N7O3/c1-13(14-4-16(25(26,27)28)6-17(5-14)35(37)38)31-23-20-8-21(34-11-18-7-19(12-34)32(18)2)24(36)33(3)22(20)15(9-29)10-30-23/h4-6,8,10,13,18-19H,7,11-12H2,1-3H3,(H,30,31)/t13-,18?,19?/m1/s1. The topological polar surface area (TPSA) is 120 Å². The summed E-state index contributed by atoms with van der Waals surface area (Å²) in [4.78, 5) is 32.4. The Morgan fingerprint density at radius 1 is 1.21 bits per heavy atom. The van der Waals surface area contributed by atoms with E-state index < -0.39 is 28.4 Å². The lowest BCUT2D eigenvalue weighted by molar-refractivity contribution is -0.385. The van der Waals surface area contributed by atoms with E-state index in [1.807, 2.05) is 11.0 Å². The SMILES string of the molecule is C[C@@H](Nc1ncc(C#N)c2c1cc(N1CC3CC(C1)N3C)c(=O)n2C)c1cc([N+](=O)[O-])cc(C(F)(F)F)c1. The van der Waals surface area contributed by atoms with Crippen LogP contribution in [-0.4, -0.2) is 51.6 Å². The lowest BCUT2D eigenvalue weighted by Gasteiger charge is -2.55. The minimum atomic E-state index is -4.77. The van der Waals surface area contributed by atoms with Crippen molar-refractivity contribution in [3.8, 4) is 6.07 Å². The van der Waals surface area contributed by atoms with Gasteiger partial charge in [0.25, 0.3) is 11.2 Å². The van der Waals surface area contributed by atoms with Gasteiger partial charge in [-0.1, -0.05) is 0 Å². The maximum atomic E-state index is 13.4. The Balaban J connectivity index is 1.59. The van der Waals surface area contributed by atoms with Crippen molar-refractivity contribution in [2.45, 2.75) is 37.6 Å². The van der Waals surface area contributed by atoms with Crippen LogP contribution in [0.25, 0.3) is 10.9 Å². The number of nitrogens with zero attached hydrogens (tertiary/aromatic N) is 6. The molecule has 38 heavy (non-hydrogen) atoms. The molecular formula is C25H24F3N7O3. The van der Waals surface area contributed by atoms with Gasteiger partial charge in [-0.2, -0.15) is 18.4 Å². The Labute approximate surface area is 215 Å². The number of anilines is 2. The molecule has 0 amide bonds. The fourth-order valence-electron chi connectivity index (χ4n) is 5.35. The van der Waals surface area contributed by atoms with E-state index in [9.17, 15) is 33.3 Å². The molecule has 5 heterocycles. The number of piperazine rings is 1. The molecule has 6 rings (SSSR count). The third-order valence-electron chi connectivity index (χ3n) is 7.58. The molecule has 13 heteroatoms.